The fraction of sp³-hybridized carbons (Fsp3) is 0.385. The molecule has 2 N–H and O–H groups in total. The molecule has 0 fully saturated rings. The fourth-order valence-electron chi connectivity index (χ4n) is 1.61. The Labute approximate surface area is 111 Å². The van der Waals surface area contributed by atoms with Crippen LogP contribution in [-0.2, 0) is 13.0 Å². The zero-order valence-corrected chi connectivity index (χ0v) is 11.1. The molecule has 0 unspecified atom stereocenters. The molecule has 0 radical (unpaired) electrons. The van der Waals surface area contributed by atoms with E-state index in [0.29, 0.717) is 6.54 Å². The summed E-state index contributed by atoms with van der Waals surface area (Å²) in [6.07, 6.45) is 3.50. The first-order chi connectivity index (χ1) is 9.19. The third-order valence-electron chi connectivity index (χ3n) is 2.65. The number of pyridine rings is 1. The number of aryl methyl sites for hydroxylation is 2. The summed E-state index contributed by atoms with van der Waals surface area (Å²) in [6.45, 7) is 4.39. The molecule has 0 saturated carbocycles. The first-order valence-electron chi connectivity index (χ1n) is 6.30. The van der Waals surface area contributed by atoms with E-state index in [1.165, 1.54) is 0 Å². The van der Waals surface area contributed by atoms with E-state index in [0.717, 1.165) is 29.9 Å². The Bertz CT molecular complexity index is 546. The number of nitrogens with zero attached hydrogens (tertiary/aromatic N) is 3. The molecule has 6 heteroatoms. The quantitative estimate of drug-likeness (QED) is 0.850. The van der Waals surface area contributed by atoms with Crippen LogP contribution < -0.4 is 5.32 Å². The van der Waals surface area contributed by atoms with Crippen molar-refractivity contribution in [1.82, 2.24) is 25.5 Å². The smallest absolute Gasteiger partial charge is 0.291 e. The highest BCUT2D eigenvalue weighted by Crippen LogP contribution is 2.00. The average molecular weight is 259 g/mol. The predicted octanol–water partition coefficient (Wildman–Crippen LogP) is 1.39. The van der Waals surface area contributed by atoms with Crippen molar-refractivity contribution in [3.05, 3.63) is 41.2 Å². The van der Waals surface area contributed by atoms with Crippen LogP contribution in [0.25, 0.3) is 0 Å². The standard InChI is InChI=1S/C13H17N5O/c1-3-4-11-16-12(18-17-11)13(19)15-8-10-6-5-9(2)14-7-10/h5-7H,3-4,8H2,1-2H3,(H,15,19)(H,16,17,18). The lowest BCUT2D eigenvalue weighted by Gasteiger charge is -2.02. The Balaban J connectivity index is 1.91. The minimum Gasteiger partial charge on any atom is -0.345 e. The number of H-pyrrole nitrogens is 1. The summed E-state index contributed by atoms with van der Waals surface area (Å²) < 4.78 is 0. The van der Waals surface area contributed by atoms with Gasteiger partial charge in [0.2, 0.25) is 5.82 Å². The maximum Gasteiger partial charge on any atom is 0.291 e. The summed E-state index contributed by atoms with van der Waals surface area (Å²) in [5, 5.41) is 9.42. The molecular formula is C13H17N5O. The summed E-state index contributed by atoms with van der Waals surface area (Å²) in [4.78, 5) is 20.1. The molecule has 100 valence electrons. The van der Waals surface area contributed by atoms with Gasteiger partial charge >= 0.3 is 0 Å². The van der Waals surface area contributed by atoms with Gasteiger partial charge in [-0.25, -0.2) is 4.98 Å². The number of rotatable bonds is 5. The second-order valence-corrected chi connectivity index (χ2v) is 4.35. The van der Waals surface area contributed by atoms with Crippen molar-refractivity contribution in [3.8, 4) is 0 Å². The Kier molecular flexibility index (Phi) is 4.22. The van der Waals surface area contributed by atoms with Gasteiger partial charge in [0.1, 0.15) is 5.82 Å². The molecule has 2 heterocycles. The van der Waals surface area contributed by atoms with Gasteiger partial charge in [0.05, 0.1) is 0 Å². The monoisotopic (exact) mass is 259 g/mol. The molecule has 0 aromatic carbocycles. The van der Waals surface area contributed by atoms with E-state index >= 15 is 0 Å². The Morgan fingerprint density at radius 3 is 2.95 bits per heavy atom. The van der Waals surface area contributed by atoms with Crippen LogP contribution in [-0.4, -0.2) is 26.1 Å². The maximum atomic E-state index is 11.8. The second kappa shape index (κ2) is 6.08. The third kappa shape index (κ3) is 3.61. The molecule has 6 nitrogen and oxygen atoms in total. The van der Waals surface area contributed by atoms with Crippen LogP contribution in [0.3, 0.4) is 0 Å². The molecule has 2 aromatic heterocycles. The van der Waals surface area contributed by atoms with E-state index in [4.69, 9.17) is 0 Å². The van der Waals surface area contributed by atoms with Gasteiger partial charge in [0.25, 0.3) is 5.91 Å². The zero-order chi connectivity index (χ0) is 13.7. The number of amides is 1. The normalized spacial score (nSPS) is 10.4. The van der Waals surface area contributed by atoms with E-state index in [-0.39, 0.29) is 11.7 Å². The Morgan fingerprint density at radius 1 is 1.42 bits per heavy atom. The fourth-order valence-corrected chi connectivity index (χ4v) is 1.61. The van der Waals surface area contributed by atoms with Crippen molar-refractivity contribution < 1.29 is 4.79 Å². The second-order valence-electron chi connectivity index (χ2n) is 4.35. The number of nitrogens with one attached hydrogen (secondary N) is 2. The van der Waals surface area contributed by atoms with Gasteiger partial charge < -0.3 is 5.32 Å². The lowest BCUT2D eigenvalue weighted by Crippen LogP contribution is -2.24. The highest BCUT2D eigenvalue weighted by molar-refractivity contribution is 5.90. The highest BCUT2D eigenvalue weighted by atomic mass is 16.2. The zero-order valence-electron chi connectivity index (χ0n) is 11.1. The summed E-state index contributed by atoms with van der Waals surface area (Å²) >= 11 is 0. The molecule has 0 aliphatic rings. The van der Waals surface area contributed by atoms with Crippen LogP contribution in [0.4, 0.5) is 0 Å². The third-order valence-corrected chi connectivity index (χ3v) is 2.65. The van der Waals surface area contributed by atoms with Crippen LogP contribution in [0.5, 0.6) is 0 Å². The molecule has 0 spiro atoms. The molecule has 0 aliphatic carbocycles. The van der Waals surface area contributed by atoms with Crippen molar-refractivity contribution in [2.75, 3.05) is 0 Å². The molecule has 0 bridgehead atoms. The SMILES string of the molecule is CCCc1nc(C(=O)NCc2ccc(C)nc2)n[nH]1. The van der Waals surface area contributed by atoms with Gasteiger partial charge in [0, 0.05) is 24.9 Å². The summed E-state index contributed by atoms with van der Waals surface area (Å²) in [6, 6.07) is 3.84. The summed E-state index contributed by atoms with van der Waals surface area (Å²) in [7, 11) is 0. The number of carbonyl (C=O) groups excluding carboxylic acids is 1. The lowest BCUT2D eigenvalue weighted by molar-refractivity contribution is 0.0941. The van der Waals surface area contributed by atoms with Crippen LogP contribution in [0.2, 0.25) is 0 Å². The van der Waals surface area contributed by atoms with Crippen molar-refractivity contribution >= 4 is 5.91 Å². The van der Waals surface area contributed by atoms with Gasteiger partial charge in [-0.15, -0.1) is 5.10 Å². The van der Waals surface area contributed by atoms with Gasteiger partial charge in [-0.1, -0.05) is 13.0 Å². The molecule has 0 saturated heterocycles. The number of hydrogen-bond acceptors (Lipinski definition) is 4. The number of aromatic amines is 1. The number of hydrogen-bond donors (Lipinski definition) is 2. The molecular weight excluding hydrogens is 242 g/mol. The van der Waals surface area contributed by atoms with Crippen molar-refractivity contribution in [2.45, 2.75) is 33.2 Å². The average Bonchev–Trinajstić information content (AvgIpc) is 2.87. The maximum absolute atomic E-state index is 11.8. The Hall–Kier alpha value is -2.24. The van der Waals surface area contributed by atoms with E-state index in [1.54, 1.807) is 6.20 Å². The van der Waals surface area contributed by atoms with E-state index in [2.05, 4.69) is 25.5 Å². The van der Waals surface area contributed by atoms with Gasteiger partial charge in [-0.05, 0) is 25.0 Å². The summed E-state index contributed by atoms with van der Waals surface area (Å²) in [5.74, 6) is 0.646. The van der Waals surface area contributed by atoms with Crippen LogP contribution in [0.15, 0.2) is 18.3 Å². The molecule has 0 aliphatic heterocycles. The van der Waals surface area contributed by atoms with Crippen LogP contribution >= 0.6 is 0 Å². The van der Waals surface area contributed by atoms with E-state index in [9.17, 15) is 4.79 Å². The highest BCUT2D eigenvalue weighted by Gasteiger charge is 2.11. The molecule has 1 amide bonds. The predicted molar refractivity (Wildman–Crippen MR) is 70.5 cm³/mol. The first kappa shape index (κ1) is 13.2. The van der Waals surface area contributed by atoms with Gasteiger partial charge in [-0.2, -0.15) is 0 Å². The van der Waals surface area contributed by atoms with Crippen molar-refractivity contribution in [2.24, 2.45) is 0 Å². The number of carbonyl (C=O) groups is 1. The largest absolute Gasteiger partial charge is 0.345 e. The van der Waals surface area contributed by atoms with Crippen molar-refractivity contribution in [1.29, 1.82) is 0 Å². The van der Waals surface area contributed by atoms with Crippen LogP contribution in [0.1, 0.15) is 41.0 Å². The Morgan fingerprint density at radius 2 is 2.26 bits per heavy atom. The van der Waals surface area contributed by atoms with Gasteiger partial charge in [0.15, 0.2) is 0 Å². The molecule has 0 atom stereocenters. The van der Waals surface area contributed by atoms with Crippen molar-refractivity contribution in [3.63, 3.8) is 0 Å². The molecule has 19 heavy (non-hydrogen) atoms. The minimum absolute atomic E-state index is 0.184. The molecule has 2 aromatic rings. The number of aromatic nitrogens is 4. The van der Waals surface area contributed by atoms with Gasteiger partial charge in [-0.3, -0.25) is 14.9 Å². The van der Waals surface area contributed by atoms with Crippen LogP contribution in [0, 0.1) is 6.92 Å². The first-order valence-corrected chi connectivity index (χ1v) is 6.30. The summed E-state index contributed by atoms with van der Waals surface area (Å²) in [5.41, 5.74) is 1.90. The topological polar surface area (TPSA) is 83.6 Å². The lowest BCUT2D eigenvalue weighted by atomic mass is 10.2. The van der Waals surface area contributed by atoms with E-state index < -0.39 is 0 Å². The molecule has 2 rings (SSSR count). The minimum atomic E-state index is -0.279. The van der Waals surface area contributed by atoms with E-state index in [1.807, 2.05) is 26.0 Å².